The van der Waals surface area contributed by atoms with Gasteiger partial charge >= 0.3 is 0 Å². The van der Waals surface area contributed by atoms with Gasteiger partial charge in [-0.15, -0.1) is 0 Å². The van der Waals surface area contributed by atoms with Crippen LogP contribution in [0.3, 0.4) is 0 Å². The average molecular weight is 350 g/mol. The second-order valence-electron chi connectivity index (χ2n) is 4.81. The molecule has 1 atom stereocenters. The zero-order chi connectivity index (χ0) is 15.2. The molecule has 0 aliphatic carbocycles. The minimum atomic E-state index is 0.254. The number of nitrogens with one attached hydrogen (secondary N) is 1. The average Bonchev–Trinajstić information content (AvgIpc) is 2.52. The van der Waals surface area contributed by atoms with E-state index in [4.69, 9.17) is 9.47 Å². The van der Waals surface area contributed by atoms with E-state index in [1.54, 1.807) is 7.11 Å². The van der Waals surface area contributed by atoms with Gasteiger partial charge in [0.25, 0.3) is 0 Å². The summed E-state index contributed by atoms with van der Waals surface area (Å²) < 4.78 is 12.1. The first-order valence-corrected chi connectivity index (χ1v) is 7.66. The number of benzene rings is 2. The molecule has 0 amide bonds. The number of halogens is 1. The van der Waals surface area contributed by atoms with Crippen LogP contribution in [0.2, 0.25) is 0 Å². The Hall–Kier alpha value is -1.52. The van der Waals surface area contributed by atoms with E-state index in [-0.39, 0.29) is 6.04 Å². The Labute approximate surface area is 134 Å². The van der Waals surface area contributed by atoms with Crippen LogP contribution in [0, 0.1) is 0 Å². The quantitative estimate of drug-likeness (QED) is 0.842. The van der Waals surface area contributed by atoms with Crippen molar-refractivity contribution in [1.29, 1.82) is 0 Å². The maximum atomic E-state index is 5.97. The number of para-hydroxylation sites is 1. The van der Waals surface area contributed by atoms with Crippen LogP contribution in [-0.2, 0) is 6.61 Å². The summed E-state index contributed by atoms with van der Waals surface area (Å²) >= 11 is 3.49. The fraction of sp³-hybridized carbons (Fsp3) is 0.294. The van der Waals surface area contributed by atoms with Crippen molar-refractivity contribution in [3.63, 3.8) is 0 Å². The van der Waals surface area contributed by atoms with E-state index in [0.717, 1.165) is 27.1 Å². The molecular weight excluding hydrogens is 330 g/mol. The fourth-order valence-corrected chi connectivity index (χ4v) is 2.67. The highest BCUT2D eigenvalue weighted by molar-refractivity contribution is 9.10. The predicted molar refractivity (Wildman–Crippen MR) is 88.9 cm³/mol. The van der Waals surface area contributed by atoms with Gasteiger partial charge in [0, 0.05) is 11.6 Å². The lowest BCUT2D eigenvalue weighted by atomic mass is 10.1. The summed E-state index contributed by atoms with van der Waals surface area (Å²) in [6.07, 6.45) is 0. The van der Waals surface area contributed by atoms with Gasteiger partial charge in [-0.2, -0.15) is 0 Å². The molecule has 0 aliphatic rings. The molecule has 3 nitrogen and oxygen atoms in total. The number of rotatable bonds is 6. The molecule has 1 unspecified atom stereocenters. The van der Waals surface area contributed by atoms with Crippen molar-refractivity contribution in [2.24, 2.45) is 0 Å². The van der Waals surface area contributed by atoms with E-state index >= 15 is 0 Å². The van der Waals surface area contributed by atoms with E-state index in [2.05, 4.69) is 34.2 Å². The van der Waals surface area contributed by atoms with Crippen LogP contribution in [0.4, 0.5) is 0 Å². The molecule has 112 valence electrons. The number of methoxy groups -OCH3 is 1. The lowest BCUT2D eigenvalue weighted by Gasteiger charge is -2.16. The van der Waals surface area contributed by atoms with Crippen molar-refractivity contribution in [1.82, 2.24) is 5.32 Å². The van der Waals surface area contributed by atoms with E-state index in [1.807, 2.05) is 43.4 Å². The SMILES string of the molecule is CNC(C)c1ccccc1OCc1ccc(OC)c(Br)c1. The maximum absolute atomic E-state index is 5.97. The van der Waals surface area contributed by atoms with Crippen LogP contribution in [0.5, 0.6) is 11.5 Å². The largest absolute Gasteiger partial charge is 0.496 e. The Morgan fingerprint density at radius 2 is 1.90 bits per heavy atom. The van der Waals surface area contributed by atoms with Gasteiger partial charge in [-0.1, -0.05) is 24.3 Å². The summed E-state index contributed by atoms with van der Waals surface area (Å²) in [4.78, 5) is 0. The van der Waals surface area contributed by atoms with E-state index in [0.29, 0.717) is 6.61 Å². The first kappa shape index (κ1) is 15.9. The first-order chi connectivity index (χ1) is 10.2. The highest BCUT2D eigenvalue weighted by Gasteiger charge is 2.09. The molecule has 1 N–H and O–H groups in total. The zero-order valence-corrected chi connectivity index (χ0v) is 14.1. The van der Waals surface area contributed by atoms with Crippen LogP contribution >= 0.6 is 15.9 Å². The summed E-state index contributed by atoms with van der Waals surface area (Å²) in [6.45, 7) is 2.64. The molecule has 0 aromatic heterocycles. The molecule has 0 radical (unpaired) electrons. The van der Waals surface area contributed by atoms with Crippen molar-refractivity contribution in [2.75, 3.05) is 14.2 Å². The van der Waals surface area contributed by atoms with Crippen LogP contribution in [0.15, 0.2) is 46.9 Å². The Bertz CT molecular complexity index is 601. The molecule has 0 saturated heterocycles. The van der Waals surface area contributed by atoms with Gasteiger partial charge in [0.05, 0.1) is 11.6 Å². The molecule has 0 heterocycles. The van der Waals surface area contributed by atoms with Gasteiger partial charge in [0.1, 0.15) is 18.1 Å². The highest BCUT2D eigenvalue weighted by atomic mass is 79.9. The van der Waals surface area contributed by atoms with Crippen molar-refractivity contribution in [2.45, 2.75) is 19.6 Å². The smallest absolute Gasteiger partial charge is 0.133 e. The van der Waals surface area contributed by atoms with Crippen LogP contribution in [0.1, 0.15) is 24.1 Å². The summed E-state index contributed by atoms with van der Waals surface area (Å²) in [6, 6.07) is 14.3. The lowest BCUT2D eigenvalue weighted by Crippen LogP contribution is -2.13. The van der Waals surface area contributed by atoms with Gasteiger partial charge < -0.3 is 14.8 Å². The third-order valence-corrected chi connectivity index (χ3v) is 4.05. The van der Waals surface area contributed by atoms with Gasteiger partial charge in [-0.3, -0.25) is 0 Å². The minimum Gasteiger partial charge on any atom is -0.496 e. The molecule has 0 fully saturated rings. The number of ether oxygens (including phenoxy) is 2. The summed E-state index contributed by atoms with van der Waals surface area (Å²) in [5, 5.41) is 3.24. The molecule has 2 rings (SSSR count). The molecule has 2 aromatic carbocycles. The maximum Gasteiger partial charge on any atom is 0.133 e. The van der Waals surface area contributed by atoms with Gasteiger partial charge in [-0.05, 0) is 53.7 Å². The third-order valence-electron chi connectivity index (χ3n) is 3.43. The fourth-order valence-electron chi connectivity index (χ4n) is 2.09. The topological polar surface area (TPSA) is 30.5 Å². The Balaban J connectivity index is 2.11. The van der Waals surface area contributed by atoms with E-state index < -0.39 is 0 Å². The molecule has 0 aliphatic heterocycles. The summed E-state index contributed by atoms with van der Waals surface area (Å²) in [7, 11) is 3.60. The van der Waals surface area contributed by atoms with Gasteiger partial charge in [0.15, 0.2) is 0 Å². The first-order valence-electron chi connectivity index (χ1n) is 6.87. The molecular formula is C17H20BrNO2. The Morgan fingerprint density at radius 1 is 1.14 bits per heavy atom. The van der Waals surface area contributed by atoms with Crippen LogP contribution in [-0.4, -0.2) is 14.2 Å². The number of hydrogen-bond acceptors (Lipinski definition) is 3. The van der Waals surface area contributed by atoms with Gasteiger partial charge in [-0.25, -0.2) is 0 Å². The second-order valence-corrected chi connectivity index (χ2v) is 5.66. The van der Waals surface area contributed by atoms with Crippen LogP contribution < -0.4 is 14.8 Å². The standard InChI is InChI=1S/C17H20BrNO2/c1-12(19-2)14-6-4-5-7-16(14)21-11-13-8-9-17(20-3)15(18)10-13/h4-10,12,19H,11H2,1-3H3. The Morgan fingerprint density at radius 3 is 2.57 bits per heavy atom. The zero-order valence-electron chi connectivity index (χ0n) is 12.5. The molecule has 4 heteroatoms. The summed E-state index contributed by atoms with van der Waals surface area (Å²) in [5.74, 6) is 1.73. The van der Waals surface area contributed by atoms with Crippen molar-refractivity contribution < 1.29 is 9.47 Å². The predicted octanol–water partition coefficient (Wildman–Crippen LogP) is 4.32. The normalized spacial score (nSPS) is 12.0. The lowest BCUT2D eigenvalue weighted by molar-refractivity contribution is 0.300. The third kappa shape index (κ3) is 3.99. The Kier molecular flexibility index (Phi) is 5.65. The molecule has 0 saturated carbocycles. The molecule has 21 heavy (non-hydrogen) atoms. The van der Waals surface area contributed by atoms with E-state index in [9.17, 15) is 0 Å². The van der Waals surface area contributed by atoms with Crippen molar-refractivity contribution in [3.8, 4) is 11.5 Å². The molecule has 2 aromatic rings. The molecule has 0 bridgehead atoms. The minimum absolute atomic E-state index is 0.254. The molecule has 0 spiro atoms. The second kappa shape index (κ2) is 7.48. The van der Waals surface area contributed by atoms with Gasteiger partial charge in [0.2, 0.25) is 0 Å². The summed E-state index contributed by atoms with van der Waals surface area (Å²) in [5.41, 5.74) is 2.25. The van der Waals surface area contributed by atoms with Crippen molar-refractivity contribution >= 4 is 15.9 Å². The van der Waals surface area contributed by atoms with Crippen LogP contribution in [0.25, 0.3) is 0 Å². The highest BCUT2D eigenvalue weighted by Crippen LogP contribution is 2.28. The van der Waals surface area contributed by atoms with E-state index in [1.165, 1.54) is 0 Å². The number of hydrogen-bond donors (Lipinski definition) is 1. The van der Waals surface area contributed by atoms with Crippen molar-refractivity contribution in [3.05, 3.63) is 58.1 Å². The monoisotopic (exact) mass is 349 g/mol.